The van der Waals surface area contributed by atoms with Crippen molar-refractivity contribution in [1.82, 2.24) is 4.57 Å². The molecule has 0 aromatic carbocycles. The van der Waals surface area contributed by atoms with Crippen molar-refractivity contribution in [2.75, 3.05) is 25.6 Å². The largest absolute Gasteiger partial charge is 0.378 e. The Morgan fingerprint density at radius 3 is 3.21 bits per heavy atom. The number of aryl methyl sites for hydroxylation is 1. The normalized spacial score (nSPS) is 18.9. The maximum atomic E-state index is 11.4. The van der Waals surface area contributed by atoms with Gasteiger partial charge in [-0.25, -0.2) is 0 Å². The molecule has 1 aromatic heterocycles. The van der Waals surface area contributed by atoms with E-state index in [1.54, 1.807) is 29.4 Å². The van der Waals surface area contributed by atoms with Crippen LogP contribution in [0.4, 0.5) is 0 Å². The number of hydrogen-bond acceptors (Lipinski definition) is 4. The maximum Gasteiger partial charge on any atom is 0.250 e. The van der Waals surface area contributed by atoms with Crippen molar-refractivity contribution in [3.63, 3.8) is 0 Å². The Bertz CT molecular complexity index is 441. The minimum atomic E-state index is 0.0488. The summed E-state index contributed by atoms with van der Waals surface area (Å²) >= 11 is 1.79. The monoisotopic (exact) mass is 283 g/mol. The quantitative estimate of drug-likeness (QED) is 0.716. The van der Waals surface area contributed by atoms with Gasteiger partial charge in [-0.1, -0.05) is 0 Å². The fourth-order valence-corrected chi connectivity index (χ4v) is 2.77. The summed E-state index contributed by atoms with van der Waals surface area (Å²) in [4.78, 5) is 11.4. The molecule has 1 aromatic rings. The Morgan fingerprint density at radius 2 is 2.47 bits per heavy atom. The van der Waals surface area contributed by atoms with Crippen LogP contribution in [0.15, 0.2) is 23.1 Å². The second-order valence-electron chi connectivity index (χ2n) is 4.75. The van der Waals surface area contributed by atoms with Gasteiger partial charge < -0.3 is 14.0 Å². The summed E-state index contributed by atoms with van der Waals surface area (Å²) in [6.07, 6.45) is 4.40. The molecule has 19 heavy (non-hydrogen) atoms. The molecule has 5 heteroatoms. The van der Waals surface area contributed by atoms with Crippen LogP contribution in [0.2, 0.25) is 0 Å². The van der Waals surface area contributed by atoms with Gasteiger partial charge >= 0.3 is 0 Å². The smallest absolute Gasteiger partial charge is 0.250 e. The fourth-order valence-electron chi connectivity index (χ4n) is 1.98. The molecule has 1 saturated heterocycles. The minimum absolute atomic E-state index is 0.0488. The highest BCUT2D eigenvalue weighted by atomic mass is 32.2. The zero-order valence-corrected chi connectivity index (χ0v) is 12.2. The molecule has 0 aliphatic carbocycles. The van der Waals surface area contributed by atoms with Crippen LogP contribution < -0.4 is 5.56 Å². The Kier molecular flexibility index (Phi) is 5.94. The summed E-state index contributed by atoms with van der Waals surface area (Å²) in [5, 5.41) is 0. The molecule has 1 aliphatic rings. The van der Waals surface area contributed by atoms with Crippen LogP contribution >= 0.6 is 11.8 Å². The molecule has 0 radical (unpaired) electrons. The van der Waals surface area contributed by atoms with E-state index in [1.165, 1.54) is 0 Å². The highest BCUT2D eigenvalue weighted by molar-refractivity contribution is 7.98. The lowest BCUT2D eigenvalue weighted by atomic mass is 10.2. The maximum absolute atomic E-state index is 11.4. The predicted molar refractivity (Wildman–Crippen MR) is 77.6 cm³/mol. The topological polar surface area (TPSA) is 40.5 Å². The van der Waals surface area contributed by atoms with Crippen molar-refractivity contribution in [1.29, 1.82) is 0 Å². The van der Waals surface area contributed by atoms with Gasteiger partial charge in [-0.05, 0) is 24.5 Å². The number of rotatable bonds is 7. The van der Waals surface area contributed by atoms with Gasteiger partial charge in [0.2, 0.25) is 0 Å². The first-order chi connectivity index (χ1) is 9.25. The van der Waals surface area contributed by atoms with E-state index in [2.05, 4.69) is 0 Å². The molecule has 1 atom stereocenters. The number of hydrogen-bond donors (Lipinski definition) is 0. The van der Waals surface area contributed by atoms with Gasteiger partial charge in [0.25, 0.3) is 5.56 Å². The van der Waals surface area contributed by atoms with Crippen molar-refractivity contribution in [2.24, 2.45) is 7.05 Å². The van der Waals surface area contributed by atoms with Gasteiger partial charge in [-0.15, -0.1) is 0 Å². The molecule has 0 bridgehead atoms. The highest BCUT2D eigenvalue weighted by Gasteiger charge is 2.14. The van der Waals surface area contributed by atoms with Crippen LogP contribution in [-0.2, 0) is 22.3 Å². The first-order valence-corrected chi connectivity index (χ1v) is 7.84. The summed E-state index contributed by atoms with van der Waals surface area (Å²) in [5.41, 5.74) is 1.12. The van der Waals surface area contributed by atoms with E-state index in [0.717, 1.165) is 43.1 Å². The van der Waals surface area contributed by atoms with E-state index < -0.39 is 0 Å². The fraction of sp³-hybridized carbons (Fsp3) is 0.643. The number of aromatic nitrogens is 1. The summed E-state index contributed by atoms with van der Waals surface area (Å²) in [5.74, 6) is 1.81. The Hall–Kier alpha value is -0.780. The van der Waals surface area contributed by atoms with Crippen LogP contribution in [0.5, 0.6) is 0 Å². The SMILES string of the molecule is Cn1ccc(CSCCOC[C@H]2CCCO2)cc1=O. The Balaban J connectivity index is 1.56. The summed E-state index contributed by atoms with van der Waals surface area (Å²) in [6.45, 7) is 2.34. The van der Waals surface area contributed by atoms with Crippen LogP contribution in [0, 0.1) is 0 Å². The molecule has 4 nitrogen and oxygen atoms in total. The van der Waals surface area contributed by atoms with E-state index in [9.17, 15) is 4.79 Å². The average molecular weight is 283 g/mol. The first-order valence-electron chi connectivity index (χ1n) is 6.68. The number of ether oxygens (including phenoxy) is 2. The predicted octanol–water partition coefficient (Wildman–Crippen LogP) is 1.81. The molecule has 0 unspecified atom stereocenters. The van der Waals surface area contributed by atoms with Crippen LogP contribution in [0.25, 0.3) is 0 Å². The lowest BCUT2D eigenvalue weighted by molar-refractivity contribution is 0.0226. The number of pyridine rings is 1. The molecule has 0 saturated carbocycles. The average Bonchev–Trinajstić information content (AvgIpc) is 2.91. The molecule has 2 rings (SSSR count). The minimum Gasteiger partial charge on any atom is -0.378 e. The highest BCUT2D eigenvalue weighted by Crippen LogP contribution is 2.13. The molecule has 1 fully saturated rings. The van der Waals surface area contributed by atoms with Gasteiger partial charge in [0.15, 0.2) is 0 Å². The summed E-state index contributed by atoms with van der Waals surface area (Å²) in [7, 11) is 1.76. The van der Waals surface area contributed by atoms with E-state index in [1.807, 2.05) is 12.3 Å². The van der Waals surface area contributed by atoms with Crippen molar-refractivity contribution >= 4 is 11.8 Å². The zero-order valence-electron chi connectivity index (χ0n) is 11.3. The number of nitrogens with zero attached hydrogens (tertiary/aromatic N) is 1. The second kappa shape index (κ2) is 7.72. The van der Waals surface area contributed by atoms with E-state index in [4.69, 9.17) is 9.47 Å². The van der Waals surface area contributed by atoms with Gasteiger partial charge in [-0.2, -0.15) is 11.8 Å². The molecule has 0 spiro atoms. The Morgan fingerprint density at radius 1 is 1.58 bits per heavy atom. The van der Waals surface area contributed by atoms with Crippen LogP contribution in [0.3, 0.4) is 0 Å². The molecule has 0 N–H and O–H groups in total. The van der Waals surface area contributed by atoms with Gasteiger partial charge in [-0.3, -0.25) is 4.79 Å². The van der Waals surface area contributed by atoms with Crippen molar-refractivity contribution in [3.8, 4) is 0 Å². The van der Waals surface area contributed by atoms with Crippen molar-refractivity contribution in [3.05, 3.63) is 34.2 Å². The number of thioether (sulfide) groups is 1. The van der Waals surface area contributed by atoms with Crippen molar-refractivity contribution < 1.29 is 9.47 Å². The summed E-state index contributed by atoms with van der Waals surface area (Å²) in [6, 6.07) is 3.68. The van der Waals surface area contributed by atoms with E-state index >= 15 is 0 Å². The van der Waals surface area contributed by atoms with Gasteiger partial charge in [0.1, 0.15) is 0 Å². The van der Waals surface area contributed by atoms with Crippen LogP contribution in [0.1, 0.15) is 18.4 Å². The summed E-state index contributed by atoms with van der Waals surface area (Å²) < 4.78 is 12.7. The lowest BCUT2D eigenvalue weighted by Crippen LogP contribution is -2.15. The molecular weight excluding hydrogens is 262 g/mol. The van der Waals surface area contributed by atoms with Crippen molar-refractivity contribution in [2.45, 2.75) is 24.7 Å². The van der Waals surface area contributed by atoms with E-state index in [-0.39, 0.29) is 5.56 Å². The third kappa shape index (κ3) is 5.01. The third-order valence-electron chi connectivity index (χ3n) is 3.14. The molecule has 1 aliphatic heterocycles. The first kappa shape index (κ1) is 14.6. The molecule has 0 amide bonds. The lowest BCUT2D eigenvalue weighted by Gasteiger charge is -2.09. The zero-order chi connectivity index (χ0) is 13.5. The van der Waals surface area contributed by atoms with Crippen LogP contribution in [-0.4, -0.2) is 36.2 Å². The molecule has 106 valence electrons. The van der Waals surface area contributed by atoms with Gasteiger partial charge in [0, 0.05) is 37.4 Å². The molecular formula is C14H21NO3S. The van der Waals surface area contributed by atoms with E-state index in [0.29, 0.717) is 12.7 Å². The second-order valence-corrected chi connectivity index (χ2v) is 5.85. The van der Waals surface area contributed by atoms with Gasteiger partial charge in [0.05, 0.1) is 19.3 Å². The third-order valence-corrected chi connectivity index (χ3v) is 4.13. The standard InChI is InChI=1S/C14H21NO3S/c1-15-5-4-12(9-14(15)16)11-19-8-7-17-10-13-3-2-6-18-13/h4-5,9,13H,2-3,6-8,10-11H2,1H3/t13-/m1/s1. The molecule has 2 heterocycles. The Labute approximate surface area is 118 Å².